The normalized spacial score (nSPS) is 17.2. The summed E-state index contributed by atoms with van der Waals surface area (Å²) < 4.78 is 5.53. The molecule has 0 radical (unpaired) electrons. The van der Waals surface area contributed by atoms with Crippen molar-refractivity contribution in [3.05, 3.63) is 23.2 Å². The highest BCUT2D eigenvalue weighted by Crippen LogP contribution is 2.35. The zero-order chi connectivity index (χ0) is 15.4. The number of fused-ring (bicyclic) bond motifs is 1. The second-order valence-corrected chi connectivity index (χ2v) is 5.44. The fourth-order valence-electron chi connectivity index (χ4n) is 2.15. The van der Waals surface area contributed by atoms with Crippen LogP contribution in [0, 0.1) is 0 Å². The van der Waals surface area contributed by atoms with Crippen molar-refractivity contribution in [2.75, 3.05) is 18.0 Å². The molecule has 1 aliphatic rings. The van der Waals surface area contributed by atoms with Gasteiger partial charge in [-0.3, -0.25) is 14.5 Å². The summed E-state index contributed by atoms with van der Waals surface area (Å²) in [7, 11) is 0. The van der Waals surface area contributed by atoms with Crippen LogP contribution in [0.3, 0.4) is 0 Å². The average molecular weight is 311 g/mol. The van der Waals surface area contributed by atoms with E-state index in [0.717, 1.165) is 12.8 Å². The number of nitrogens with zero attached hydrogens (tertiary/aromatic N) is 1. The minimum absolute atomic E-state index is 0.0242. The van der Waals surface area contributed by atoms with E-state index in [1.165, 1.54) is 4.90 Å². The van der Waals surface area contributed by atoms with Crippen LogP contribution in [0.4, 0.5) is 5.69 Å². The molecular formula is C15H19ClN2O3. The summed E-state index contributed by atoms with van der Waals surface area (Å²) in [5, 5.41) is 3.30. The van der Waals surface area contributed by atoms with E-state index in [1.807, 2.05) is 0 Å². The third kappa shape index (κ3) is 3.67. The largest absolute Gasteiger partial charge is 0.479 e. The summed E-state index contributed by atoms with van der Waals surface area (Å²) in [5.41, 5.74) is 0.538. The number of carbonyl (C=O) groups is 2. The zero-order valence-electron chi connectivity index (χ0n) is 12.2. The Balaban J connectivity index is 2.15. The molecule has 5 nitrogen and oxygen atoms in total. The second kappa shape index (κ2) is 6.80. The molecule has 0 aromatic heterocycles. The first-order valence-corrected chi connectivity index (χ1v) is 7.45. The van der Waals surface area contributed by atoms with Crippen LogP contribution in [-0.4, -0.2) is 31.0 Å². The molecular weight excluding hydrogens is 292 g/mol. The fraction of sp³-hybridized carbons (Fsp3) is 0.467. The van der Waals surface area contributed by atoms with Crippen molar-refractivity contribution in [3.8, 4) is 5.75 Å². The molecule has 0 saturated carbocycles. The summed E-state index contributed by atoms with van der Waals surface area (Å²) in [6.07, 6.45) is 1.32. The maximum atomic E-state index is 12.2. The van der Waals surface area contributed by atoms with Gasteiger partial charge in [-0.25, -0.2) is 0 Å². The van der Waals surface area contributed by atoms with Gasteiger partial charge in [0.2, 0.25) is 5.91 Å². The van der Waals surface area contributed by atoms with E-state index >= 15 is 0 Å². The van der Waals surface area contributed by atoms with Crippen LogP contribution in [0.25, 0.3) is 0 Å². The van der Waals surface area contributed by atoms with Crippen molar-refractivity contribution in [1.82, 2.24) is 5.32 Å². The number of carbonyl (C=O) groups excluding carboxylic acids is 2. The van der Waals surface area contributed by atoms with Crippen molar-refractivity contribution in [3.63, 3.8) is 0 Å². The number of hydrogen-bond donors (Lipinski definition) is 1. The molecule has 0 bridgehead atoms. The second-order valence-electron chi connectivity index (χ2n) is 5.00. The number of hydrogen-bond acceptors (Lipinski definition) is 3. The molecule has 6 heteroatoms. The SMILES string of the molecule is CCCCNC(=O)CN1C(=O)C(C)Oc2ccc(Cl)cc21. The van der Waals surface area contributed by atoms with Crippen LogP contribution in [0.1, 0.15) is 26.7 Å². The van der Waals surface area contributed by atoms with E-state index in [2.05, 4.69) is 12.2 Å². The Labute approximate surface area is 129 Å². The van der Waals surface area contributed by atoms with Gasteiger partial charge in [-0.05, 0) is 31.5 Å². The zero-order valence-corrected chi connectivity index (χ0v) is 12.9. The van der Waals surface area contributed by atoms with Crippen molar-refractivity contribution in [2.45, 2.75) is 32.8 Å². The highest BCUT2D eigenvalue weighted by atomic mass is 35.5. The summed E-state index contributed by atoms with van der Waals surface area (Å²) in [4.78, 5) is 25.6. The van der Waals surface area contributed by atoms with Crippen LogP contribution < -0.4 is 15.0 Å². The fourth-order valence-corrected chi connectivity index (χ4v) is 2.31. The molecule has 114 valence electrons. The summed E-state index contributed by atoms with van der Waals surface area (Å²) >= 11 is 5.97. The molecule has 1 atom stereocenters. The Morgan fingerprint density at radius 3 is 2.95 bits per heavy atom. The van der Waals surface area contributed by atoms with Crippen LogP contribution in [0.5, 0.6) is 5.75 Å². The van der Waals surface area contributed by atoms with Crippen molar-refractivity contribution >= 4 is 29.1 Å². The maximum Gasteiger partial charge on any atom is 0.268 e. The lowest BCUT2D eigenvalue weighted by molar-refractivity contribution is -0.128. The minimum Gasteiger partial charge on any atom is -0.479 e. The first-order chi connectivity index (χ1) is 10.0. The van der Waals surface area contributed by atoms with E-state index in [-0.39, 0.29) is 18.4 Å². The molecule has 0 spiro atoms. The smallest absolute Gasteiger partial charge is 0.268 e. The molecule has 1 aromatic rings. The molecule has 1 unspecified atom stereocenters. The number of benzene rings is 1. The monoisotopic (exact) mass is 310 g/mol. The minimum atomic E-state index is -0.609. The topological polar surface area (TPSA) is 58.6 Å². The third-order valence-electron chi connectivity index (χ3n) is 3.28. The van der Waals surface area contributed by atoms with Gasteiger partial charge in [-0.2, -0.15) is 0 Å². The molecule has 0 saturated heterocycles. The number of ether oxygens (including phenoxy) is 1. The number of rotatable bonds is 5. The van der Waals surface area contributed by atoms with Gasteiger partial charge in [0.25, 0.3) is 5.91 Å². The predicted octanol–water partition coefficient (Wildman–Crippen LogP) is 2.37. The Morgan fingerprint density at radius 1 is 1.48 bits per heavy atom. The maximum absolute atomic E-state index is 12.2. The van der Waals surface area contributed by atoms with Gasteiger partial charge in [0.15, 0.2) is 6.10 Å². The number of amides is 2. The number of unbranched alkanes of at least 4 members (excludes halogenated alkanes) is 1. The lowest BCUT2D eigenvalue weighted by Gasteiger charge is -2.32. The summed E-state index contributed by atoms with van der Waals surface area (Å²) in [6, 6.07) is 5.05. The van der Waals surface area contributed by atoms with Crippen molar-refractivity contribution < 1.29 is 14.3 Å². The molecule has 1 aliphatic heterocycles. The van der Waals surface area contributed by atoms with Gasteiger partial charge in [-0.15, -0.1) is 0 Å². The molecule has 2 amide bonds. The first-order valence-electron chi connectivity index (χ1n) is 7.07. The molecule has 2 rings (SSSR count). The average Bonchev–Trinajstić information content (AvgIpc) is 2.45. The molecule has 1 heterocycles. The van der Waals surface area contributed by atoms with Gasteiger partial charge >= 0.3 is 0 Å². The predicted molar refractivity (Wildman–Crippen MR) is 81.8 cm³/mol. The Morgan fingerprint density at radius 2 is 2.24 bits per heavy atom. The number of halogens is 1. The molecule has 0 aliphatic carbocycles. The third-order valence-corrected chi connectivity index (χ3v) is 3.52. The van der Waals surface area contributed by atoms with E-state index in [9.17, 15) is 9.59 Å². The first kappa shape index (κ1) is 15.6. The molecule has 1 N–H and O–H groups in total. The highest BCUT2D eigenvalue weighted by molar-refractivity contribution is 6.31. The Kier molecular flexibility index (Phi) is 5.07. The van der Waals surface area contributed by atoms with Crippen LogP contribution in [-0.2, 0) is 9.59 Å². The Bertz CT molecular complexity index is 548. The number of anilines is 1. The van der Waals surface area contributed by atoms with Crippen LogP contribution in [0.15, 0.2) is 18.2 Å². The van der Waals surface area contributed by atoms with Gasteiger partial charge in [0, 0.05) is 11.6 Å². The summed E-state index contributed by atoms with van der Waals surface area (Å²) in [5.74, 6) is 0.139. The van der Waals surface area contributed by atoms with Crippen molar-refractivity contribution in [1.29, 1.82) is 0 Å². The molecule has 0 fully saturated rings. The lowest BCUT2D eigenvalue weighted by Crippen LogP contribution is -2.48. The molecule has 1 aromatic carbocycles. The van der Waals surface area contributed by atoms with Gasteiger partial charge in [-0.1, -0.05) is 24.9 Å². The van der Waals surface area contributed by atoms with Crippen LogP contribution >= 0.6 is 11.6 Å². The van der Waals surface area contributed by atoms with Gasteiger partial charge in [0.05, 0.1) is 5.69 Å². The van der Waals surface area contributed by atoms with Crippen LogP contribution in [0.2, 0.25) is 5.02 Å². The van der Waals surface area contributed by atoms with E-state index in [4.69, 9.17) is 16.3 Å². The Hall–Kier alpha value is -1.75. The van der Waals surface area contributed by atoms with Gasteiger partial charge < -0.3 is 10.1 Å². The summed E-state index contributed by atoms with van der Waals surface area (Å²) in [6.45, 7) is 4.31. The van der Waals surface area contributed by atoms with E-state index < -0.39 is 6.10 Å². The highest BCUT2D eigenvalue weighted by Gasteiger charge is 2.32. The standard InChI is InChI=1S/C15H19ClN2O3/c1-3-4-7-17-14(19)9-18-12-8-11(16)5-6-13(12)21-10(2)15(18)20/h5-6,8,10H,3-4,7,9H2,1-2H3,(H,17,19). The van der Waals surface area contributed by atoms with Crippen molar-refractivity contribution in [2.24, 2.45) is 0 Å². The number of nitrogens with one attached hydrogen (secondary N) is 1. The molecule has 21 heavy (non-hydrogen) atoms. The van der Waals surface area contributed by atoms with E-state index in [1.54, 1.807) is 25.1 Å². The lowest BCUT2D eigenvalue weighted by atomic mass is 10.2. The van der Waals surface area contributed by atoms with Gasteiger partial charge in [0.1, 0.15) is 12.3 Å². The quantitative estimate of drug-likeness (QED) is 0.849. The van der Waals surface area contributed by atoms with E-state index in [0.29, 0.717) is 23.0 Å².